The average Bonchev–Trinajstić information content (AvgIpc) is 1.94. The first-order chi connectivity index (χ1) is 5.13. The van der Waals surface area contributed by atoms with Gasteiger partial charge in [0.05, 0.1) is 5.69 Å². The van der Waals surface area contributed by atoms with Crippen LogP contribution >= 0.6 is 12.4 Å². The fourth-order valence-electron chi connectivity index (χ4n) is 0.768. The quantitative estimate of drug-likeness (QED) is 0.414. The summed E-state index contributed by atoms with van der Waals surface area (Å²) in [5.74, 6) is -0.775. The summed E-state index contributed by atoms with van der Waals surface area (Å²) in [5.41, 5.74) is 4.87. The van der Waals surface area contributed by atoms with E-state index >= 15 is 0 Å². The van der Waals surface area contributed by atoms with Crippen molar-refractivity contribution in [3.63, 3.8) is 0 Å². The molecule has 12 heavy (non-hydrogen) atoms. The van der Waals surface area contributed by atoms with Crippen molar-refractivity contribution >= 4 is 30.7 Å². The van der Waals surface area contributed by atoms with Crippen LogP contribution < -0.4 is 11.2 Å². The number of nitrogen functional groups attached to an aromatic ring is 1. The van der Waals surface area contributed by atoms with Crippen LogP contribution in [0.5, 0.6) is 0 Å². The van der Waals surface area contributed by atoms with E-state index in [1.807, 2.05) is 0 Å². The van der Waals surface area contributed by atoms with E-state index in [2.05, 4.69) is 0 Å². The Bertz CT molecular complexity index is 272. The molecule has 0 fully saturated rings. The van der Waals surface area contributed by atoms with Crippen molar-refractivity contribution < 1.29 is 14.4 Å². The molecule has 0 radical (unpaired) electrons. The van der Waals surface area contributed by atoms with E-state index in [1.165, 1.54) is 18.2 Å². The number of nitrogens with two attached hydrogens (primary N) is 1. The largest absolute Gasteiger partial charge is 0.491 e. The van der Waals surface area contributed by atoms with E-state index < -0.39 is 12.9 Å². The molecule has 0 saturated heterocycles. The molecule has 66 valence electrons. The highest BCUT2D eigenvalue weighted by atomic mass is 35.5. The highest BCUT2D eigenvalue weighted by Crippen LogP contribution is 2.05. The second-order valence-corrected chi connectivity index (χ2v) is 2.12. The molecule has 0 atom stereocenters. The minimum absolute atomic E-state index is 0. The minimum Gasteiger partial charge on any atom is -0.423 e. The van der Waals surface area contributed by atoms with E-state index in [0.29, 0.717) is 0 Å². The molecule has 6 heteroatoms. The van der Waals surface area contributed by atoms with Gasteiger partial charge in [0, 0.05) is 5.46 Å². The summed E-state index contributed by atoms with van der Waals surface area (Å²) in [5, 5.41) is 17.2. The molecule has 1 rings (SSSR count). The van der Waals surface area contributed by atoms with Crippen molar-refractivity contribution in [2.24, 2.45) is 0 Å². The molecule has 0 amide bonds. The topological polar surface area (TPSA) is 66.5 Å². The van der Waals surface area contributed by atoms with Gasteiger partial charge in [-0.2, -0.15) is 0 Å². The molecule has 0 saturated carbocycles. The summed E-state index contributed by atoms with van der Waals surface area (Å²) in [7, 11) is -1.81. The molecular formula is C6H8BClFNO2. The van der Waals surface area contributed by atoms with Crippen molar-refractivity contribution in [1.29, 1.82) is 0 Å². The van der Waals surface area contributed by atoms with Gasteiger partial charge < -0.3 is 15.8 Å². The molecule has 0 aliphatic heterocycles. The van der Waals surface area contributed by atoms with Gasteiger partial charge in [-0.3, -0.25) is 0 Å². The Balaban J connectivity index is 0.00000121. The smallest absolute Gasteiger partial charge is 0.423 e. The van der Waals surface area contributed by atoms with Gasteiger partial charge in [-0.1, -0.05) is 12.1 Å². The maximum Gasteiger partial charge on any atom is 0.491 e. The Morgan fingerprint density at radius 1 is 1.33 bits per heavy atom. The lowest BCUT2D eigenvalue weighted by Gasteiger charge is -2.02. The standard InChI is InChI=1S/C6H7BFNO2.ClH/c8-6-4(7(10)11)2-1-3-5(6)9;/h1-3,10-11H,9H2;1H. The summed E-state index contributed by atoms with van der Waals surface area (Å²) in [4.78, 5) is 0. The molecule has 0 heterocycles. The Labute approximate surface area is 75.6 Å². The number of hydrogen-bond donors (Lipinski definition) is 3. The number of hydrogen-bond acceptors (Lipinski definition) is 3. The lowest BCUT2D eigenvalue weighted by molar-refractivity contribution is 0.423. The maximum absolute atomic E-state index is 12.8. The Morgan fingerprint density at radius 3 is 2.33 bits per heavy atom. The monoisotopic (exact) mass is 191 g/mol. The predicted octanol–water partition coefficient (Wildman–Crippen LogP) is -0.490. The number of anilines is 1. The van der Waals surface area contributed by atoms with Gasteiger partial charge in [-0.05, 0) is 6.07 Å². The molecule has 0 unspecified atom stereocenters. The third kappa shape index (κ3) is 2.10. The molecule has 4 N–H and O–H groups in total. The molecule has 1 aromatic rings. The number of rotatable bonds is 1. The van der Waals surface area contributed by atoms with Crippen LogP contribution in [0.2, 0.25) is 0 Å². The molecule has 0 aromatic heterocycles. The number of benzene rings is 1. The van der Waals surface area contributed by atoms with Crippen molar-refractivity contribution in [1.82, 2.24) is 0 Å². The van der Waals surface area contributed by atoms with Crippen molar-refractivity contribution in [3.8, 4) is 0 Å². The molecule has 3 nitrogen and oxygen atoms in total. The molecule has 0 aliphatic rings. The first-order valence-electron chi connectivity index (χ1n) is 3.03. The lowest BCUT2D eigenvalue weighted by Crippen LogP contribution is -2.33. The summed E-state index contributed by atoms with van der Waals surface area (Å²) < 4.78 is 12.8. The van der Waals surface area contributed by atoms with Crippen LogP contribution in [0.25, 0.3) is 0 Å². The molecule has 1 aromatic carbocycles. The second kappa shape index (κ2) is 4.30. The van der Waals surface area contributed by atoms with Gasteiger partial charge >= 0.3 is 7.12 Å². The zero-order valence-electron chi connectivity index (χ0n) is 6.07. The Hall–Kier alpha value is -0.775. The van der Waals surface area contributed by atoms with E-state index in [1.54, 1.807) is 0 Å². The van der Waals surface area contributed by atoms with Gasteiger partial charge in [-0.25, -0.2) is 4.39 Å². The van der Waals surface area contributed by atoms with Crippen LogP contribution in [-0.2, 0) is 0 Å². The minimum atomic E-state index is -1.81. The van der Waals surface area contributed by atoms with E-state index in [4.69, 9.17) is 15.8 Å². The van der Waals surface area contributed by atoms with Gasteiger partial charge in [-0.15, -0.1) is 12.4 Å². The maximum atomic E-state index is 12.8. The summed E-state index contributed by atoms with van der Waals surface area (Å²) in [6.45, 7) is 0. The predicted molar refractivity (Wildman–Crippen MR) is 47.9 cm³/mol. The Kier molecular flexibility index (Phi) is 4.02. The fraction of sp³-hybridized carbons (Fsp3) is 0. The van der Waals surface area contributed by atoms with Crippen LogP contribution in [0.15, 0.2) is 18.2 Å². The van der Waals surface area contributed by atoms with Crippen LogP contribution in [-0.4, -0.2) is 17.2 Å². The molecule has 0 bridgehead atoms. The SMILES string of the molecule is Cl.Nc1cccc(B(O)O)c1F. The second-order valence-electron chi connectivity index (χ2n) is 2.12. The normalized spacial score (nSPS) is 8.92. The van der Waals surface area contributed by atoms with Crippen molar-refractivity contribution in [2.45, 2.75) is 0 Å². The van der Waals surface area contributed by atoms with Crippen molar-refractivity contribution in [3.05, 3.63) is 24.0 Å². The average molecular weight is 191 g/mol. The zero-order chi connectivity index (χ0) is 8.43. The van der Waals surface area contributed by atoms with Crippen molar-refractivity contribution in [2.75, 3.05) is 5.73 Å². The van der Waals surface area contributed by atoms with Gasteiger partial charge in [0.25, 0.3) is 0 Å². The van der Waals surface area contributed by atoms with Crippen LogP contribution in [0.4, 0.5) is 10.1 Å². The van der Waals surface area contributed by atoms with E-state index in [-0.39, 0.29) is 23.6 Å². The first-order valence-corrected chi connectivity index (χ1v) is 3.03. The molecule has 0 spiro atoms. The number of halogens is 2. The highest BCUT2D eigenvalue weighted by molar-refractivity contribution is 6.58. The zero-order valence-corrected chi connectivity index (χ0v) is 6.88. The van der Waals surface area contributed by atoms with Crippen LogP contribution in [0.3, 0.4) is 0 Å². The third-order valence-corrected chi connectivity index (χ3v) is 1.34. The summed E-state index contributed by atoms with van der Waals surface area (Å²) in [6, 6.07) is 4.06. The van der Waals surface area contributed by atoms with Gasteiger partial charge in [0.15, 0.2) is 0 Å². The van der Waals surface area contributed by atoms with Crippen LogP contribution in [0.1, 0.15) is 0 Å². The Morgan fingerprint density at radius 2 is 1.92 bits per heavy atom. The lowest BCUT2D eigenvalue weighted by atomic mass is 9.80. The fourth-order valence-corrected chi connectivity index (χ4v) is 0.768. The molecular weight excluding hydrogens is 183 g/mol. The van der Waals surface area contributed by atoms with Crippen LogP contribution in [0, 0.1) is 5.82 Å². The highest BCUT2D eigenvalue weighted by Gasteiger charge is 2.16. The summed E-state index contributed by atoms with van der Waals surface area (Å²) >= 11 is 0. The van der Waals surface area contributed by atoms with Gasteiger partial charge in [0.2, 0.25) is 0 Å². The van der Waals surface area contributed by atoms with E-state index in [9.17, 15) is 4.39 Å². The third-order valence-electron chi connectivity index (χ3n) is 1.34. The summed E-state index contributed by atoms with van der Waals surface area (Å²) in [6.07, 6.45) is 0. The first kappa shape index (κ1) is 11.2. The van der Waals surface area contributed by atoms with E-state index in [0.717, 1.165) is 0 Å². The van der Waals surface area contributed by atoms with Gasteiger partial charge in [0.1, 0.15) is 5.82 Å². The molecule has 0 aliphatic carbocycles.